The molecule has 1 aromatic heterocycles. The van der Waals surface area contributed by atoms with Crippen LogP contribution in [0.1, 0.15) is 11.8 Å². The van der Waals surface area contributed by atoms with Gasteiger partial charge in [0, 0.05) is 13.2 Å². The zero-order valence-corrected chi connectivity index (χ0v) is 6.21. The monoisotopic (exact) mass is 180 g/mol. The Morgan fingerprint density at radius 2 is 2.17 bits per heavy atom. The summed E-state index contributed by atoms with van der Waals surface area (Å²) in [6, 6.07) is 1.12. The molecule has 1 aromatic rings. The molecule has 0 unspecified atom stereocenters. The van der Waals surface area contributed by atoms with Gasteiger partial charge in [-0.25, -0.2) is 0 Å². The number of halogens is 3. The minimum Gasteiger partial charge on any atom is -0.378 e. The summed E-state index contributed by atoms with van der Waals surface area (Å²) >= 11 is 0. The molecule has 0 saturated heterocycles. The lowest BCUT2D eigenvalue weighted by Crippen LogP contribution is -2.20. The molecule has 0 amide bonds. The van der Waals surface area contributed by atoms with Crippen LogP contribution in [-0.2, 0) is 7.05 Å². The Labute approximate surface area is 66.4 Å². The molecule has 0 aliphatic heterocycles. The molecule has 0 aliphatic rings. The maximum absolute atomic E-state index is 11.8. The SMILES string of the molecule is Cn1ccc([C@@H](O)C(F)(F)F)n1. The fourth-order valence-electron chi connectivity index (χ4n) is 0.747. The van der Waals surface area contributed by atoms with E-state index in [1.54, 1.807) is 0 Å². The molecular formula is C6H7F3N2O. The average Bonchev–Trinajstić information content (AvgIpc) is 2.32. The van der Waals surface area contributed by atoms with Crippen molar-refractivity contribution in [1.29, 1.82) is 0 Å². The standard InChI is InChI=1S/C6H7F3N2O/c1-11-3-2-4(10-11)5(12)6(7,8)9/h2-3,5,12H,1H3/t5-/m1/s1. The minimum absolute atomic E-state index is 0.384. The second-order valence-electron chi connectivity index (χ2n) is 2.36. The molecule has 1 N–H and O–H groups in total. The summed E-state index contributed by atoms with van der Waals surface area (Å²) in [4.78, 5) is 0. The Kier molecular flexibility index (Phi) is 2.10. The topological polar surface area (TPSA) is 38.0 Å². The lowest BCUT2D eigenvalue weighted by Gasteiger charge is -2.11. The van der Waals surface area contributed by atoms with E-state index in [-0.39, 0.29) is 5.69 Å². The van der Waals surface area contributed by atoms with Crippen molar-refractivity contribution in [3.05, 3.63) is 18.0 Å². The van der Waals surface area contributed by atoms with Crippen LogP contribution >= 0.6 is 0 Å². The quantitative estimate of drug-likeness (QED) is 0.700. The fraction of sp³-hybridized carbons (Fsp3) is 0.500. The third-order valence-electron chi connectivity index (χ3n) is 1.32. The summed E-state index contributed by atoms with van der Waals surface area (Å²) in [7, 11) is 1.48. The number of hydrogen-bond acceptors (Lipinski definition) is 2. The van der Waals surface area contributed by atoms with Crippen molar-refractivity contribution >= 4 is 0 Å². The number of aliphatic hydroxyl groups excluding tert-OH is 1. The first-order chi connectivity index (χ1) is 5.41. The molecule has 3 nitrogen and oxygen atoms in total. The van der Waals surface area contributed by atoms with Gasteiger partial charge in [-0.1, -0.05) is 0 Å². The molecule has 0 saturated carbocycles. The lowest BCUT2D eigenvalue weighted by molar-refractivity contribution is -0.208. The van der Waals surface area contributed by atoms with Crippen molar-refractivity contribution in [3.63, 3.8) is 0 Å². The molecule has 68 valence electrons. The molecule has 6 heteroatoms. The molecule has 12 heavy (non-hydrogen) atoms. The van der Waals surface area contributed by atoms with Crippen LogP contribution in [0.3, 0.4) is 0 Å². The van der Waals surface area contributed by atoms with Crippen LogP contribution < -0.4 is 0 Å². The molecule has 0 radical (unpaired) electrons. The number of nitrogens with zero attached hydrogens (tertiary/aromatic N) is 2. The van der Waals surface area contributed by atoms with E-state index in [2.05, 4.69) is 5.10 Å². The van der Waals surface area contributed by atoms with Crippen LogP contribution in [0, 0.1) is 0 Å². The summed E-state index contributed by atoms with van der Waals surface area (Å²) in [6.07, 6.45) is -5.79. The van der Waals surface area contributed by atoms with Gasteiger partial charge in [-0.15, -0.1) is 0 Å². The van der Waals surface area contributed by atoms with Gasteiger partial charge >= 0.3 is 6.18 Å². The van der Waals surface area contributed by atoms with Gasteiger partial charge < -0.3 is 5.11 Å². The van der Waals surface area contributed by atoms with E-state index in [0.29, 0.717) is 0 Å². The molecule has 0 fully saturated rings. The van der Waals surface area contributed by atoms with Crippen LogP contribution in [0.15, 0.2) is 12.3 Å². The molecular weight excluding hydrogens is 173 g/mol. The highest BCUT2D eigenvalue weighted by Gasteiger charge is 2.40. The number of hydrogen-bond donors (Lipinski definition) is 1. The molecule has 1 rings (SSSR count). The van der Waals surface area contributed by atoms with Crippen molar-refractivity contribution in [1.82, 2.24) is 9.78 Å². The van der Waals surface area contributed by atoms with E-state index < -0.39 is 12.3 Å². The van der Waals surface area contributed by atoms with E-state index in [9.17, 15) is 13.2 Å². The summed E-state index contributed by atoms with van der Waals surface area (Å²) in [6.45, 7) is 0. The van der Waals surface area contributed by atoms with Crippen LogP contribution in [0.25, 0.3) is 0 Å². The predicted octanol–water partition coefficient (Wildman–Crippen LogP) is 1.02. The van der Waals surface area contributed by atoms with E-state index in [1.807, 2.05) is 0 Å². The maximum Gasteiger partial charge on any atom is 0.420 e. The van der Waals surface area contributed by atoms with Crippen molar-refractivity contribution in [2.24, 2.45) is 7.05 Å². The van der Waals surface area contributed by atoms with Crippen LogP contribution in [0.5, 0.6) is 0 Å². The Hall–Kier alpha value is -1.04. The normalized spacial score (nSPS) is 14.8. The Balaban J connectivity index is 2.85. The first-order valence-electron chi connectivity index (χ1n) is 3.15. The van der Waals surface area contributed by atoms with Gasteiger partial charge in [0.15, 0.2) is 6.10 Å². The highest BCUT2D eigenvalue weighted by molar-refractivity contribution is 5.04. The zero-order chi connectivity index (χ0) is 9.35. The van der Waals surface area contributed by atoms with Gasteiger partial charge in [-0.2, -0.15) is 18.3 Å². The average molecular weight is 180 g/mol. The first-order valence-corrected chi connectivity index (χ1v) is 3.15. The number of rotatable bonds is 1. The molecule has 0 spiro atoms. The van der Waals surface area contributed by atoms with Gasteiger partial charge in [-0.05, 0) is 6.07 Å². The number of alkyl halides is 3. The minimum atomic E-state index is -4.64. The number of aliphatic hydroxyl groups is 1. The highest BCUT2D eigenvalue weighted by Crippen LogP contribution is 2.30. The first kappa shape index (κ1) is 9.05. The van der Waals surface area contributed by atoms with Gasteiger partial charge in [0.05, 0.1) is 0 Å². The van der Waals surface area contributed by atoms with Crippen molar-refractivity contribution < 1.29 is 18.3 Å². The highest BCUT2D eigenvalue weighted by atomic mass is 19.4. The summed E-state index contributed by atoms with van der Waals surface area (Å²) in [5, 5.41) is 12.1. The van der Waals surface area contributed by atoms with Gasteiger partial charge in [0.2, 0.25) is 0 Å². The van der Waals surface area contributed by atoms with Gasteiger partial charge in [0.1, 0.15) is 5.69 Å². The van der Waals surface area contributed by atoms with Gasteiger partial charge in [0.25, 0.3) is 0 Å². The van der Waals surface area contributed by atoms with Crippen molar-refractivity contribution in [3.8, 4) is 0 Å². The van der Waals surface area contributed by atoms with E-state index in [4.69, 9.17) is 5.11 Å². The van der Waals surface area contributed by atoms with Crippen LogP contribution in [-0.4, -0.2) is 21.1 Å². The molecule has 1 atom stereocenters. The maximum atomic E-state index is 11.8. The Morgan fingerprint density at radius 1 is 1.58 bits per heavy atom. The lowest BCUT2D eigenvalue weighted by atomic mass is 10.2. The van der Waals surface area contributed by atoms with Crippen LogP contribution in [0.4, 0.5) is 13.2 Å². The largest absolute Gasteiger partial charge is 0.420 e. The van der Waals surface area contributed by atoms with Crippen LogP contribution in [0.2, 0.25) is 0 Å². The zero-order valence-electron chi connectivity index (χ0n) is 6.21. The Bertz CT molecular complexity index is 268. The predicted molar refractivity (Wildman–Crippen MR) is 34.2 cm³/mol. The molecule has 0 aliphatic carbocycles. The summed E-state index contributed by atoms with van der Waals surface area (Å²) in [5.41, 5.74) is -0.384. The van der Waals surface area contributed by atoms with Crippen molar-refractivity contribution in [2.75, 3.05) is 0 Å². The number of aromatic nitrogens is 2. The molecule has 1 heterocycles. The summed E-state index contributed by atoms with van der Waals surface area (Å²) < 4.78 is 36.7. The van der Waals surface area contributed by atoms with E-state index in [1.165, 1.54) is 17.9 Å². The smallest absolute Gasteiger partial charge is 0.378 e. The molecule has 0 bridgehead atoms. The third kappa shape index (κ3) is 1.76. The fourth-order valence-corrected chi connectivity index (χ4v) is 0.747. The van der Waals surface area contributed by atoms with Crippen molar-refractivity contribution in [2.45, 2.75) is 12.3 Å². The van der Waals surface area contributed by atoms with E-state index >= 15 is 0 Å². The number of aryl methyl sites for hydroxylation is 1. The van der Waals surface area contributed by atoms with Gasteiger partial charge in [-0.3, -0.25) is 4.68 Å². The second-order valence-corrected chi connectivity index (χ2v) is 2.36. The Morgan fingerprint density at radius 3 is 2.50 bits per heavy atom. The summed E-state index contributed by atoms with van der Waals surface area (Å²) in [5.74, 6) is 0. The molecule has 0 aromatic carbocycles. The van der Waals surface area contributed by atoms with E-state index in [0.717, 1.165) is 6.07 Å². The second kappa shape index (κ2) is 2.78. The third-order valence-corrected chi connectivity index (χ3v) is 1.32.